The van der Waals surface area contributed by atoms with Crippen molar-refractivity contribution in [2.24, 2.45) is 0 Å². The Hall–Kier alpha value is -1.88. The molecule has 0 spiro atoms. The molecule has 1 heterocycles. The minimum absolute atomic E-state index is 0.0824. The van der Waals surface area contributed by atoms with Crippen LogP contribution >= 0.6 is 0 Å². The lowest BCUT2D eigenvalue weighted by molar-refractivity contribution is -0.158. The highest BCUT2D eigenvalue weighted by Crippen LogP contribution is 2.12. The summed E-state index contributed by atoms with van der Waals surface area (Å²) in [6.07, 6.45) is 1.93. The zero-order valence-corrected chi connectivity index (χ0v) is 12.2. The van der Waals surface area contributed by atoms with E-state index in [0.717, 1.165) is 12.8 Å². The molecule has 1 atom stereocenters. The van der Waals surface area contributed by atoms with E-state index in [-0.39, 0.29) is 12.5 Å². The normalized spacial score (nSPS) is 18.5. The zero-order valence-electron chi connectivity index (χ0n) is 12.2. The van der Waals surface area contributed by atoms with E-state index in [1.807, 2.05) is 6.92 Å². The summed E-state index contributed by atoms with van der Waals surface area (Å²) in [5, 5.41) is 9.11. The fourth-order valence-corrected chi connectivity index (χ4v) is 2.45. The van der Waals surface area contributed by atoms with Crippen LogP contribution in [0.3, 0.4) is 0 Å². The summed E-state index contributed by atoms with van der Waals surface area (Å²) in [6.45, 7) is 2.89. The molecule has 2 rings (SSSR count). The van der Waals surface area contributed by atoms with Gasteiger partial charge in [-0.15, -0.1) is 0 Å². The lowest BCUT2D eigenvalue weighted by Gasteiger charge is -2.32. The third-order valence-corrected chi connectivity index (χ3v) is 3.71. The van der Waals surface area contributed by atoms with Gasteiger partial charge in [0, 0.05) is 13.0 Å². The van der Waals surface area contributed by atoms with Gasteiger partial charge in [-0.2, -0.15) is 0 Å². The number of carbonyl (C=O) groups is 2. The van der Waals surface area contributed by atoms with E-state index in [1.54, 1.807) is 0 Å². The van der Waals surface area contributed by atoms with Crippen molar-refractivity contribution >= 4 is 11.9 Å². The minimum Gasteiger partial charge on any atom is -0.480 e. The summed E-state index contributed by atoms with van der Waals surface area (Å²) in [6, 6.07) is 7.40. The van der Waals surface area contributed by atoms with Gasteiger partial charge in [0.1, 0.15) is 0 Å². The number of carboxylic acid groups (broad SMARTS) is 1. The number of carboxylic acids is 1. The highest BCUT2D eigenvalue weighted by Gasteiger charge is 2.32. The van der Waals surface area contributed by atoms with Crippen molar-refractivity contribution in [2.75, 3.05) is 19.8 Å². The number of aliphatic carboxylic acids is 1. The van der Waals surface area contributed by atoms with Gasteiger partial charge in [0.05, 0.1) is 13.2 Å². The van der Waals surface area contributed by atoms with Crippen LogP contribution < -0.4 is 0 Å². The fourth-order valence-electron chi connectivity index (χ4n) is 2.45. The first kappa shape index (κ1) is 15.5. The van der Waals surface area contributed by atoms with Gasteiger partial charge >= 0.3 is 5.97 Å². The van der Waals surface area contributed by atoms with Crippen LogP contribution in [0.15, 0.2) is 24.3 Å². The van der Waals surface area contributed by atoms with Crippen LogP contribution in [0.4, 0.5) is 0 Å². The second-order valence-corrected chi connectivity index (χ2v) is 5.36. The molecule has 1 aliphatic rings. The smallest absolute Gasteiger partial charge is 0.328 e. The predicted octanol–water partition coefficient (Wildman–Crippen LogP) is 1.63. The fraction of sp³-hybridized carbons (Fsp3) is 0.500. The molecule has 5 heteroatoms. The van der Waals surface area contributed by atoms with E-state index < -0.39 is 12.0 Å². The molecule has 1 aliphatic heterocycles. The first-order valence-electron chi connectivity index (χ1n) is 7.23. The maximum atomic E-state index is 12.2. The van der Waals surface area contributed by atoms with Crippen LogP contribution in [-0.4, -0.2) is 47.7 Å². The quantitative estimate of drug-likeness (QED) is 0.895. The Kier molecular flexibility index (Phi) is 5.33. The van der Waals surface area contributed by atoms with Crippen LogP contribution in [0.25, 0.3) is 0 Å². The SMILES string of the molecule is Cc1ccc(CCCC(=O)N2CCOC[C@@H]2C(=O)O)cc1. The summed E-state index contributed by atoms with van der Waals surface area (Å²) in [5.41, 5.74) is 2.41. The molecule has 0 unspecified atom stereocenters. The van der Waals surface area contributed by atoms with E-state index in [0.29, 0.717) is 19.6 Å². The van der Waals surface area contributed by atoms with Gasteiger partial charge < -0.3 is 14.7 Å². The number of amides is 1. The lowest BCUT2D eigenvalue weighted by Crippen LogP contribution is -2.52. The zero-order chi connectivity index (χ0) is 15.2. The van der Waals surface area contributed by atoms with E-state index >= 15 is 0 Å². The van der Waals surface area contributed by atoms with Gasteiger partial charge in [-0.1, -0.05) is 29.8 Å². The lowest BCUT2D eigenvalue weighted by atomic mass is 10.1. The number of ether oxygens (including phenoxy) is 1. The van der Waals surface area contributed by atoms with E-state index in [1.165, 1.54) is 16.0 Å². The average Bonchev–Trinajstić information content (AvgIpc) is 2.49. The number of nitrogens with zero attached hydrogens (tertiary/aromatic N) is 1. The van der Waals surface area contributed by atoms with Gasteiger partial charge in [0.2, 0.25) is 5.91 Å². The topological polar surface area (TPSA) is 66.8 Å². The first-order valence-corrected chi connectivity index (χ1v) is 7.23. The van der Waals surface area contributed by atoms with E-state index in [4.69, 9.17) is 9.84 Å². The van der Waals surface area contributed by atoms with Crippen molar-refractivity contribution < 1.29 is 19.4 Å². The Balaban J connectivity index is 1.83. The van der Waals surface area contributed by atoms with Gasteiger partial charge in [-0.05, 0) is 25.3 Å². The van der Waals surface area contributed by atoms with Crippen molar-refractivity contribution in [1.29, 1.82) is 0 Å². The minimum atomic E-state index is -0.999. The third kappa shape index (κ3) is 4.29. The molecule has 1 amide bonds. The van der Waals surface area contributed by atoms with Gasteiger partial charge in [0.25, 0.3) is 0 Å². The van der Waals surface area contributed by atoms with Gasteiger partial charge in [-0.25, -0.2) is 4.79 Å². The van der Waals surface area contributed by atoms with Crippen molar-refractivity contribution in [3.05, 3.63) is 35.4 Å². The Labute approximate surface area is 124 Å². The maximum Gasteiger partial charge on any atom is 0.328 e. The van der Waals surface area contributed by atoms with Crippen LogP contribution in [0.1, 0.15) is 24.0 Å². The molecule has 1 N–H and O–H groups in total. The molecular weight excluding hydrogens is 270 g/mol. The summed E-state index contributed by atoms with van der Waals surface area (Å²) >= 11 is 0. The summed E-state index contributed by atoms with van der Waals surface area (Å²) in [4.78, 5) is 24.7. The van der Waals surface area contributed by atoms with Crippen LogP contribution in [0.5, 0.6) is 0 Å². The Morgan fingerprint density at radius 1 is 1.33 bits per heavy atom. The molecule has 114 valence electrons. The third-order valence-electron chi connectivity index (χ3n) is 3.71. The Morgan fingerprint density at radius 3 is 2.71 bits per heavy atom. The van der Waals surface area contributed by atoms with Gasteiger partial charge in [-0.3, -0.25) is 4.79 Å². The molecular formula is C16H21NO4. The standard InChI is InChI=1S/C16H21NO4/c1-12-5-7-13(8-6-12)3-2-4-15(18)17-9-10-21-11-14(17)16(19)20/h5-8,14H,2-4,9-11H2,1H3,(H,19,20)/t14-/m1/s1. The second kappa shape index (κ2) is 7.22. The number of benzene rings is 1. The van der Waals surface area contributed by atoms with Gasteiger partial charge in [0.15, 0.2) is 6.04 Å². The number of carbonyl (C=O) groups excluding carboxylic acids is 1. The molecule has 0 saturated carbocycles. The van der Waals surface area contributed by atoms with Crippen molar-refractivity contribution in [3.8, 4) is 0 Å². The molecule has 0 aromatic heterocycles. The van der Waals surface area contributed by atoms with Crippen LogP contribution in [0, 0.1) is 6.92 Å². The first-order chi connectivity index (χ1) is 10.1. The van der Waals surface area contributed by atoms with Crippen molar-refractivity contribution in [2.45, 2.75) is 32.2 Å². The maximum absolute atomic E-state index is 12.2. The van der Waals surface area contributed by atoms with Crippen molar-refractivity contribution in [1.82, 2.24) is 4.90 Å². The van der Waals surface area contributed by atoms with E-state index in [2.05, 4.69) is 24.3 Å². The number of rotatable bonds is 5. The largest absolute Gasteiger partial charge is 0.480 e. The van der Waals surface area contributed by atoms with E-state index in [9.17, 15) is 9.59 Å². The Morgan fingerprint density at radius 2 is 2.05 bits per heavy atom. The highest BCUT2D eigenvalue weighted by atomic mass is 16.5. The predicted molar refractivity (Wildman–Crippen MR) is 78.1 cm³/mol. The molecule has 1 saturated heterocycles. The monoisotopic (exact) mass is 291 g/mol. The number of hydrogen-bond donors (Lipinski definition) is 1. The number of hydrogen-bond acceptors (Lipinski definition) is 3. The molecule has 21 heavy (non-hydrogen) atoms. The molecule has 0 bridgehead atoms. The summed E-state index contributed by atoms with van der Waals surface area (Å²) < 4.78 is 5.13. The summed E-state index contributed by atoms with van der Waals surface area (Å²) in [5.74, 6) is -1.10. The molecule has 1 aromatic carbocycles. The molecule has 0 radical (unpaired) electrons. The van der Waals surface area contributed by atoms with Crippen LogP contribution in [0.2, 0.25) is 0 Å². The molecule has 1 fully saturated rings. The number of aryl methyl sites for hydroxylation is 2. The highest BCUT2D eigenvalue weighted by molar-refractivity contribution is 5.84. The van der Waals surface area contributed by atoms with Crippen LogP contribution in [-0.2, 0) is 20.7 Å². The second-order valence-electron chi connectivity index (χ2n) is 5.36. The molecule has 1 aromatic rings. The number of morpholine rings is 1. The Bertz CT molecular complexity index is 498. The average molecular weight is 291 g/mol. The molecule has 5 nitrogen and oxygen atoms in total. The van der Waals surface area contributed by atoms with Crippen molar-refractivity contribution in [3.63, 3.8) is 0 Å². The molecule has 0 aliphatic carbocycles. The summed E-state index contributed by atoms with van der Waals surface area (Å²) in [7, 11) is 0.